The lowest BCUT2D eigenvalue weighted by molar-refractivity contribution is -0.130. The van der Waals surface area contributed by atoms with Crippen molar-refractivity contribution in [2.75, 3.05) is 32.8 Å². The van der Waals surface area contributed by atoms with Crippen molar-refractivity contribution < 1.29 is 9.53 Å². The molecule has 2 aliphatic heterocycles. The molecule has 1 saturated heterocycles. The summed E-state index contributed by atoms with van der Waals surface area (Å²) in [6.07, 6.45) is 6.06. The van der Waals surface area contributed by atoms with Gasteiger partial charge in [-0.25, -0.2) is 0 Å². The Bertz CT molecular complexity index is 646. The maximum absolute atomic E-state index is 12.0. The smallest absolute Gasteiger partial charge is 0.222 e. The van der Waals surface area contributed by atoms with Crippen LogP contribution in [0.1, 0.15) is 31.2 Å². The van der Waals surface area contributed by atoms with E-state index in [4.69, 9.17) is 27.9 Å². The maximum Gasteiger partial charge on any atom is 0.222 e. The quantitative estimate of drug-likeness (QED) is 0.804. The highest BCUT2D eigenvalue weighted by Gasteiger charge is 2.17. The molecule has 0 bridgehead atoms. The van der Waals surface area contributed by atoms with Gasteiger partial charge in [0.2, 0.25) is 5.91 Å². The second kappa shape index (κ2) is 8.24. The standard InChI is InChI=1S/C18H22Cl2N2O2/c19-15-9-14-8-13(12-24-18(14)16(20)10-15)11-21-5-7-22-6-3-1-2-4-17(22)23/h8-10,21H,1-7,11-12H2. The third kappa shape index (κ3) is 4.44. The van der Waals surface area contributed by atoms with E-state index in [1.165, 1.54) is 0 Å². The molecule has 0 unspecified atom stereocenters. The van der Waals surface area contributed by atoms with Crippen molar-refractivity contribution in [1.82, 2.24) is 10.2 Å². The second-order valence-electron chi connectivity index (χ2n) is 6.27. The fourth-order valence-electron chi connectivity index (χ4n) is 3.11. The average molecular weight is 369 g/mol. The first-order valence-electron chi connectivity index (χ1n) is 8.43. The van der Waals surface area contributed by atoms with E-state index in [0.717, 1.165) is 56.6 Å². The van der Waals surface area contributed by atoms with Crippen LogP contribution < -0.4 is 10.1 Å². The van der Waals surface area contributed by atoms with Crippen molar-refractivity contribution in [2.24, 2.45) is 0 Å². The van der Waals surface area contributed by atoms with Crippen LogP contribution in [0.5, 0.6) is 5.75 Å². The predicted octanol–water partition coefficient (Wildman–Crippen LogP) is 3.76. The molecule has 2 aliphatic rings. The summed E-state index contributed by atoms with van der Waals surface area (Å²) in [6, 6.07) is 3.55. The van der Waals surface area contributed by atoms with Crippen LogP contribution >= 0.6 is 23.2 Å². The van der Waals surface area contributed by atoms with E-state index >= 15 is 0 Å². The van der Waals surface area contributed by atoms with E-state index in [1.807, 2.05) is 11.0 Å². The number of carbonyl (C=O) groups excluding carboxylic acids is 1. The molecule has 1 aromatic rings. The second-order valence-corrected chi connectivity index (χ2v) is 7.11. The summed E-state index contributed by atoms with van der Waals surface area (Å²) in [5.41, 5.74) is 2.06. The van der Waals surface area contributed by atoms with Gasteiger partial charge in [0.1, 0.15) is 12.4 Å². The van der Waals surface area contributed by atoms with Gasteiger partial charge in [-0.2, -0.15) is 0 Å². The number of hydrogen-bond acceptors (Lipinski definition) is 3. The molecular weight excluding hydrogens is 347 g/mol. The number of rotatable bonds is 5. The van der Waals surface area contributed by atoms with Gasteiger partial charge >= 0.3 is 0 Å². The molecule has 3 rings (SSSR count). The van der Waals surface area contributed by atoms with E-state index < -0.39 is 0 Å². The highest BCUT2D eigenvalue weighted by molar-refractivity contribution is 6.36. The summed E-state index contributed by atoms with van der Waals surface area (Å²) in [6.45, 7) is 3.68. The zero-order valence-corrected chi connectivity index (χ0v) is 15.1. The van der Waals surface area contributed by atoms with Gasteiger partial charge in [-0.15, -0.1) is 0 Å². The van der Waals surface area contributed by atoms with Crippen LogP contribution in [0.25, 0.3) is 6.08 Å². The summed E-state index contributed by atoms with van der Waals surface area (Å²) in [5.74, 6) is 0.979. The largest absolute Gasteiger partial charge is 0.487 e. The number of ether oxygens (including phenoxy) is 1. The molecule has 6 heteroatoms. The molecule has 2 heterocycles. The van der Waals surface area contributed by atoms with Gasteiger partial charge < -0.3 is 15.0 Å². The van der Waals surface area contributed by atoms with E-state index in [0.29, 0.717) is 28.8 Å². The molecule has 1 amide bonds. The lowest BCUT2D eigenvalue weighted by Crippen LogP contribution is -2.37. The van der Waals surface area contributed by atoms with Crippen molar-refractivity contribution in [3.63, 3.8) is 0 Å². The van der Waals surface area contributed by atoms with Gasteiger partial charge in [-0.3, -0.25) is 4.79 Å². The van der Waals surface area contributed by atoms with Crippen LogP contribution in [0.15, 0.2) is 17.7 Å². The molecule has 0 spiro atoms. The van der Waals surface area contributed by atoms with Gasteiger partial charge in [0.05, 0.1) is 5.02 Å². The Morgan fingerprint density at radius 3 is 2.96 bits per heavy atom. The minimum atomic E-state index is 0.285. The van der Waals surface area contributed by atoms with Crippen molar-refractivity contribution >= 4 is 35.2 Å². The molecule has 0 aliphatic carbocycles. The van der Waals surface area contributed by atoms with E-state index in [2.05, 4.69) is 11.4 Å². The average Bonchev–Trinajstić information content (AvgIpc) is 2.75. The minimum Gasteiger partial charge on any atom is -0.487 e. The Kier molecular flexibility index (Phi) is 6.04. The third-order valence-corrected chi connectivity index (χ3v) is 4.88. The number of fused-ring (bicyclic) bond motifs is 1. The Balaban J connectivity index is 1.50. The molecule has 4 nitrogen and oxygen atoms in total. The zero-order valence-electron chi connectivity index (χ0n) is 13.6. The van der Waals surface area contributed by atoms with Gasteiger partial charge in [-0.05, 0) is 36.6 Å². The number of carbonyl (C=O) groups is 1. The lowest BCUT2D eigenvalue weighted by atomic mass is 10.1. The number of benzene rings is 1. The Hall–Kier alpha value is -1.23. The summed E-state index contributed by atoms with van der Waals surface area (Å²) < 4.78 is 5.74. The van der Waals surface area contributed by atoms with Gasteiger partial charge in [-0.1, -0.05) is 29.6 Å². The number of amides is 1. The van der Waals surface area contributed by atoms with E-state index in [1.54, 1.807) is 6.07 Å². The summed E-state index contributed by atoms with van der Waals surface area (Å²) in [5, 5.41) is 4.54. The Morgan fingerprint density at radius 2 is 2.08 bits per heavy atom. The van der Waals surface area contributed by atoms with E-state index in [9.17, 15) is 4.79 Å². The van der Waals surface area contributed by atoms with Crippen LogP contribution in [0.4, 0.5) is 0 Å². The lowest BCUT2D eigenvalue weighted by Gasteiger charge is -2.22. The zero-order chi connectivity index (χ0) is 16.9. The third-order valence-electron chi connectivity index (χ3n) is 4.38. The maximum atomic E-state index is 12.0. The summed E-state index contributed by atoms with van der Waals surface area (Å²) in [7, 11) is 0. The molecular formula is C18H22Cl2N2O2. The number of halogens is 2. The molecule has 0 radical (unpaired) electrons. The highest BCUT2D eigenvalue weighted by atomic mass is 35.5. The number of nitrogens with one attached hydrogen (secondary N) is 1. The normalized spacial score (nSPS) is 17.8. The van der Waals surface area contributed by atoms with Crippen LogP contribution in [0.2, 0.25) is 10.0 Å². The summed E-state index contributed by atoms with van der Waals surface area (Å²) >= 11 is 12.2. The fraction of sp³-hybridized carbons (Fsp3) is 0.500. The fourth-order valence-corrected chi connectivity index (χ4v) is 3.67. The number of hydrogen-bond donors (Lipinski definition) is 1. The number of likely N-dealkylation sites (tertiary alicyclic amines) is 1. The van der Waals surface area contributed by atoms with Gasteiger partial charge in [0.25, 0.3) is 0 Å². The first-order valence-corrected chi connectivity index (χ1v) is 9.19. The SMILES string of the molecule is O=C1CCCCCN1CCNCC1=Cc2cc(Cl)cc(Cl)c2OC1. The van der Waals surface area contributed by atoms with Crippen LogP contribution in [0.3, 0.4) is 0 Å². The molecule has 1 aromatic carbocycles. The van der Waals surface area contributed by atoms with Gasteiger partial charge in [0.15, 0.2) is 0 Å². The Labute approximate surface area is 152 Å². The minimum absolute atomic E-state index is 0.285. The Morgan fingerprint density at radius 1 is 1.21 bits per heavy atom. The first kappa shape index (κ1) is 17.6. The van der Waals surface area contributed by atoms with Crippen molar-refractivity contribution in [3.8, 4) is 5.75 Å². The van der Waals surface area contributed by atoms with Crippen LogP contribution in [0, 0.1) is 0 Å². The van der Waals surface area contributed by atoms with Crippen LogP contribution in [-0.4, -0.2) is 43.6 Å². The molecule has 0 saturated carbocycles. The van der Waals surface area contributed by atoms with Crippen molar-refractivity contribution in [1.29, 1.82) is 0 Å². The molecule has 0 atom stereocenters. The van der Waals surface area contributed by atoms with Crippen molar-refractivity contribution in [2.45, 2.75) is 25.7 Å². The molecule has 24 heavy (non-hydrogen) atoms. The molecule has 130 valence electrons. The number of nitrogens with zero attached hydrogens (tertiary/aromatic N) is 1. The first-order chi connectivity index (χ1) is 11.6. The monoisotopic (exact) mass is 368 g/mol. The molecule has 1 N–H and O–H groups in total. The molecule has 1 fully saturated rings. The van der Waals surface area contributed by atoms with Crippen LogP contribution in [-0.2, 0) is 4.79 Å². The highest BCUT2D eigenvalue weighted by Crippen LogP contribution is 2.36. The topological polar surface area (TPSA) is 41.6 Å². The predicted molar refractivity (Wildman–Crippen MR) is 97.9 cm³/mol. The van der Waals surface area contributed by atoms with Crippen molar-refractivity contribution in [3.05, 3.63) is 33.3 Å². The molecule has 0 aromatic heterocycles. The van der Waals surface area contributed by atoms with Gasteiger partial charge in [0, 0.05) is 43.2 Å². The van der Waals surface area contributed by atoms with E-state index in [-0.39, 0.29) is 5.91 Å². The summed E-state index contributed by atoms with van der Waals surface area (Å²) in [4.78, 5) is 13.9.